The molecule has 0 radical (unpaired) electrons. The zero-order valence-corrected chi connectivity index (χ0v) is 15.5. The molecule has 29 heavy (non-hydrogen) atoms. The average Bonchev–Trinajstić information content (AvgIpc) is 2.72. The first-order chi connectivity index (χ1) is 14.0. The fourth-order valence-corrected chi connectivity index (χ4v) is 3.05. The molecule has 5 nitrogen and oxygen atoms in total. The molecule has 0 amide bonds. The van der Waals surface area contributed by atoms with Crippen molar-refractivity contribution in [2.75, 3.05) is 7.11 Å². The van der Waals surface area contributed by atoms with Crippen LogP contribution in [0.15, 0.2) is 76.1 Å². The normalized spacial score (nSPS) is 10.8. The second-order valence-electron chi connectivity index (χ2n) is 6.44. The van der Waals surface area contributed by atoms with E-state index >= 15 is 0 Å². The molecule has 0 fully saturated rings. The third-order valence-electron chi connectivity index (χ3n) is 4.53. The van der Waals surface area contributed by atoms with Crippen LogP contribution in [0.25, 0.3) is 22.1 Å². The largest absolute Gasteiger partial charge is 0.507 e. The second kappa shape index (κ2) is 7.67. The first-order valence-corrected chi connectivity index (χ1v) is 8.85. The molecule has 0 saturated carbocycles. The maximum absolute atomic E-state index is 13.3. The van der Waals surface area contributed by atoms with E-state index < -0.39 is 0 Å². The zero-order chi connectivity index (χ0) is 20.4. The summed E-state index contributed by atoms with van der Waals surface area (Å²) >= 11 is 0. The summed E-state index contributed by atoms with van der Waals surface area (Å²) in [5.41, 5.74) is 1.45. The second-order valence-corrected chi connectivity index (χ2v) is 6.44. The average molecular weight is 392 g/mol. The third kappa shape index (κ3) is 3.78. The van der Waals surface area contributed by atoms with Crippen LogP contribution in [0.1, 0.15) is 5.56 Å². The van der Waals surface area contributed by atoms with Gasteiger partial charge in [0.2, 0.25) is 5.43 Å². The first-order valence-electron chi connectivity index (χ1n) is 8.85. The predicted octanol–water partition coefficient (Wildman–Crippen LogP) is 4.89. The Hall–Kier alpha value is -3.80. The first kappa shape index (κ1) is 18.6. The lowest BCUT2D eigenvalue weighted by atomic mass is 10.0. The van der Waals surface area contributed by atoms with Crippen LogP contribution in [0.5, 0.6) is 17.2 Å². The summed E-state index contributed by atoms with van der Waals surface area (Å²) in [7, 11) is 1.56. The number of ether oxygens (including phenoxy) is 2. The lowest BCUT2D eigenvalue weighted by Gasteiger charge is -2.09. The number of phenolic OH excluding ortho intramolecular Hbond substituents is 1. The fourth-order valence-electron chi connectivity index (χ4n) is 3.05. The highest BCUT2D eigenvalue weighted by atomic mass is 19.1. The van der Waals surface area contributed by atoms with Gasteiger partial charge in [-0.1, -0.05) is 24.3 Å². The van der Waals surface area contributed by atoms with Crippen molar-refractivity contribution in [3.8, 4) is 28.4 Å². The summed E-state index contributed by atoms with van der Waals surface area (Å²) in [6.07, 6.45) is 1.35. The van der Waals surface area contributed by atoms with E-state index in [-0.39, 0.29) is 34.6 Å². The number of halogens is 1. The van der Waals surface area contributed by atoms with Gasteiger partial charge in [-0.05, 0) is 35.4 Å². The lowest BCUT2D eigenvalue weighted by Crippen LogP contribution is -2.05. The summed E-state index contributed by atoms with van der Waals surface area (Å²) < 4.78 is 29.6. The van der Waals surface area contributed by atoms with Crippen LogP contribution in [0, 0.1) is 5.82 Å². The van der Waals surface area contributed by atoms with Crippen LogP contribution >= 0.6 is 0 Å². The summed E-state index contributed by atoms with van der Waals surface area (Å²) in [5.74, 6) is 0.367. The summed E-state index contributed by atoms with van der Waals surface area (Å²) in [6, 6.07) is 15.8. The molecule has 0 bridgehead atoms. The number of hydrogen-bond acceptors (Lipinski definition) is 5. The van der Waals surface area contributed by atoms with Gasteiger partial charge >= 0.3 is 0 Å². The van der Waals surface area contributed by atoms with Crippen molar-refractivity contribution in [1.82, 2.24) is 0 Å². The van der Waals surface area contributed by atoms with Gasteiger partial charge in [-0.25, -0.2) is 4.39 Å². The van der Waals surface area contributed by atoms with Crippen LogP contribution in [-0.2, 0) is 6.61 Å². The predicted molar refractivity (Wildman–Crippen MR) is 107 cm³/mol. The number of aromatic hydroxyl groups is 1. The topological polar surface area (TPSA) is 68.9 Å². The molecule has 1 N–H and O–H groups in total. The van der Waals surface area contributed by atoms with Gasteiger partial charge in [0, 0.05) is 12.1 Å². The van der Waals surface area contributed by atoms with Gasteiger partial charge in [-0.15, -0.1) is 0 Å². The molecule has 4 rings (SSSR count). The molecule has 0 atom stereocenters. The summed E-state index contributed by atoms with van der Waals surface area (Å²) in [5, 5.41) is 10.5. The minimum atomic E-state index is -0.357. The van der Waals surface area contributed by atoms with Crippen molar-refractivity contribution in [2.45, 2.75) is 6.61 Å². The van der Waals surface area contributed by atoms with E-state index in [4.69, 9.17) is 13.9 Å². The number of phenols is 1. The molecule has 0 unspecified atom stereocenters. The van der Waals surface area contributed by atoms with Crippen LogP contribution in [0.4, 0.5) is 4.39 Å². The van der Waals surface area contributed by atoms with E-state index in [2.05, 4.69) is 0 Å². The highest BCUT2D eigenvalue weighted by Crippen LogP contribution is 2.31. The molecular weight excluding hydrogens is 375 g/mol. The van der Waals surface area contributed by atoms with Gasteiger partial charge in [0.1, 0.15) is 46.9 Å². The summed E-state index contributed by atoms with van der Waals surface area (Å²) in [4.78, 5) is 12.9. The molecule has 1 aromatic heterocycles. The van der Waals surface area contributed by atoms with Crippen molar-refractivity contribution < 1.29 is 23.4 Å². The minimum absolute atomic E-state index is 0.0661. The molecule has 0 aliphatic rings. The van der Waals surface area contributed by atoms with Gasteiger partial charge in [-0.2, -0.15) is 0 Å². The Balaban J connectivity index is 1.67. The van der Waals surface area contributed by atoms with Crippen molar-refractivity contribution in [3.63, 3.8) is 0 Å². The molecule has 6 heteroatoms. The molecule has 3 aromatic carbocycles. The van der Waals surface area contributed by atoms with E-state index in [9.17, 15) is 14.3 Å². The fraction of sp³-hybridized carbons (Fsp3) is 0.0870. The highest BCUT2D eigenvalue weighted by Gasteiger charge is 2.15. The molecule has 1 heterocycles. The number of methoxy groups -OCH3 is 1. The van der Waals surface area contributed by atoms with E-state index in [1.54, 1.807) is 43.5 Å². The van der Waals surface area contributed by atoms with Crippen LogP contribution in [0.2, 0.25) is 0 Å². The van der Waals surface area contributed by atoms with Crippen molar-refractivity contribution in [3.05, 3.63) is 88.5 Å². The zero-order valence-electron chi connectivity index (χ0n) is 15.5. The van der Waals surface area contributed by atoms with Gasteiger partial charge in [0.05, 0.1) is 12.7 Å². The molecule has 0 aliphatic carbocycles. The quantitative estimate of drug-likeness (QED) is 0.524. The standard InChI is InChI=1S/C23H17FO5/c1-27-17-7-5-15(6-8-17)19-13-29-21-11-18(10-20(25)22(21)23(19)26)28-12-14-3-2-4-16(24)9-14/h2-11,13,25H,12H2,1H3. The van der Waals surface area contributed by atoms with Crippen LogP contribution in [-0.4, -0.2) is 12.2 Å². The monoisotopic (exact) mass is 392 g/mol. The smallest absolute Gasteiger partial charge is 0.204 e. The lowest BCUT2D eigenvalue weighted by molar-refractivity contribution is 0.304. The van der Waals surface area contributed by atoms with E-state index in [0.717, 1.165) is 0 Å². The number of benzene rings is 3. The van der Waals surface area contributed by atoms with Gasteiger partial charge in [0.25, 0.3) is 0 Å². The molecular formula is C23H17FO5. The van der Waals surface area contributed by atoms with Crippen molar-refractivity contribution in [1.29, 1.82) is 0 Å². The van der Waals surface area contributed by atoms with E-state index in [1.807, 2.05) is 0 Å². The van der Waals surface area contributed by atoms with Gasteiger partial charge in [-0.3, -0.25) is 4.79 Å². The SMILES string of the molecule is COc1ccc(-c2coc3cc(OCc4cccc(F)c4)cc(O)c3c2=O)cc1. The maximum atomic E-state index is 13.3. The molecule has 4 aromatic rings. The highest BCUT2D eigenvalue weighted by molar-refractivity contribution is 5.88. The Morgan fingerprint density at radius 1 is 1.03 bits per heavy atom. The number of rotatable bonds is 5. The Kier molecular flexibility index (Phi) is 4.91. The molecule has 0 aliphatic heterocycles. The maximum Gasteiger partial charge on any atom is 0.204 e. The number of fused-ring (bicyclic) bond motifs is 1. The Morgan fingerprint density at radius 3 is 2.55 bits per heavy atom. The van der Waals surface area contributed by atoms with Crippen molar-refractivity contribution >= 4 is 11.0 Å². The number of hydrogen-bond donors (Lipinski definition) is 1. The Morgan fingerprint density at radius 2 is 1.83 bits per heavy atom. The van der Waals surface area contributed by atoms with Crippen LogP contribution in [0.3, 0.4) is 0 Å². The molecule has 146 valence electrons. The van der Waals surface area contributed by atoms with E-state index in [1.165, 1.54) is 30.5 Å². The summed E-state index contributed by atoms with van der Waals surface area (Å²) in [6.45, 7) is 0.108. The van der Waals surface area contributed by atoms with Crippen LogP contribution < -0.4 is 14.9 Å². The minimum Gasteiger partial charge on any atom is -0.507 e. The third-order valence-corrected chi connectivity index (χ3v) is 4.53. The van der Waals surface area contributed by atoms with E-state index in [0.29, 0.717) is 28.2 Å². The van der Waals surface area contributed by atoms with Gasteiger partial charge in [0.15, 0.2) is 0 Å². The Labute approximate surface area is 165 Å². The Bertz CT molecular complexity index is 1230. The van der Waals surface area contributed by atoms with Crippen molar-refractivity contribution in [2.24, 2.45) is 0 Å². The molecule has 0 spiro atoms. The molecule has 0 saturated heterocycles. The van der Waals surface area contributed by atoms with Gasteiger partial charge < -0.3 is 19.0 Å².